The minimum atomic E-state index is -3.80. The van der Waals surface area contributed by atoms with Gasteiger partial charge >= 0.3 is 0 Å². The fourth-order valence-electron chi connectivity index (χ4n) is 3.46. The van der Waals surface area contributed by atoms with Gasteiger partial charge in [0.05, 0.1) is 11.9 Å². The Balaban J connectivity index is 2.47. The molecular formula is C25H33Cl2N3O4S. The molecule has 0 aromatic heterocycles. The third-order valence-corrected chi connectivity index (χ3v) is 7.55. The second-order valence-corrected chi connectivity index (χ2v) is 11.6. The van der Waals surface area contributed by atoms with Gasteiger partial charge in [0.25, 0.3) is 0 Å². The maximum absolute atomic E-state index is 13.6. The van der Waals surface area contributed by atoms with Gasteiger partial charge in [-0.25, -0.2) is 8.42 Å². The Morgan fingerprint density at radius 3 is 2.29 bits per heavy atom. The van der Waals surface area contributed by atoms with E-state index >= 15 is 0 Å². The zero-order valence-electron chi connectivity index (χ0n) is 20.9. The Labute approximate surface area is 218 Å². The van der Waals surface area contributed by atoms with Crippen molar-refractivity contribution in [1.29, 1.82) is 0 Å². The highest BCUT2D eigenvalue weighted by molar-refractivity contribution is 7.92. The molecule has 2 atom stereocenters. The average Bonchev–Trinajstić information content (AvgIpc) is 2.77. The molecule has 0 aliphatic carbocycles. The van der Waals surface area contributed by atoms with Crippen LogP contribution < -0.4 is 9.62 Å². The second-order valence-electron chi connectivity index (χ2n) is 8.81. The van der Waals surface area contributed by atoms with Crippen LogP contribution in [0.3, 0.4) is 0 Å². The van der Waals surface area contributed by atoms with Crippen molar-refractivity contribution < 1.29 is 18.0 Å². The lowest BCUT2D eigenvalue weighted by molar-refractivity contribution is -0.139. The summed E-state index contributed by atoms with van der Waals surface area (Å²) in [7, 11) is -3.80. The third-order valence-electron chi connectivity index (χ3n) is 5.84. The molecule has 2 amide bonds. The summed E-state index contributed by atoms with van der Waals surface area (Å²) in [5.41, 5.74) is 2.58. The quantitative estimate of drug-likeness (QED) is 0.471. The maximum atomic E-state index is 13.6. The van der Waals surface area contributed by atoms with E-state index in [-0.39, 0.29) is 18.5 Å². The summed E-state index contributed by atoms with van der Waals surface area (Å²) >= 11 is 12.4. The molecular weight excluding hydrogens is 509 g/mol. The zero-order valence-corrected chi connectivity index (χ0v) is 23.3. The van der Waals surface area contributed by atoms with Crippen LogP contribution in [0.2, 0.25) is 10.0 Å². The van der Waals surface area contributed by atoms with Crippen molar-refractivity contribution >= 4 is 50.7 Å². The number of amides is 2. The van der Waals surface area contributed by atoms with Crippen molar-refractivity contribution in [1.82, 2.24) is 10.2 Å². The fourth-order valence-corrected chi connectivity index (χ4v) is 4.83. The average molecular weight is 543 g/mol. The van der Waals surface area contributed by atoms with E-state index in [9.17, 15) is 18.0 Å². The SMILES string of the molecule is CC[C@H](C)NC(=O)[C@H](C)N(Cc1ccc(Cl)cc1Cl)C(=O)CN(c1cc(C)ccc1C)S(C)(=O)=O. The highest BCUT2D eigenvalue weighted by Gasteiger charge is 2.31. The summed E-state index contributed by atoms with van der Waals surface area (Å²) in [6.07, 6.45) is 1.78. The number of carbonyl (C=O) groups excluding carboxylic acids is 2. The number of nitrogens with one attached hydrogen (secondary N) is 1. The smallest absolute Gasteiger partial charge is 0.244 e. The lowest BCUT2D eigenvalue weighted by atomic mass is 10.1. The van der Waals surface area contributed by atoms with Gasteiger partial charge in [-0.05, 0) is 69.0 Å². The zero-order chi connectivity index (χ0) is 26.5. The summed E-state index contributed by atoms with van der Waals surface area (Å²) in [6, 6.07) is 9.34. The Kier molecular flexibility index (Phi) is 10.0. The predicted octanol–water partition coefficient (Wildman–Crippen LogP) is 4.71. The number of aryl methyl sites for hydroxylation is 2. The Morgan fingerprint density at radius 2 is 1.71 bits per heavy atom. The van der Waals surface area contributed by atoms with Gasteiger partial charge in [0.15, 0.2) is 0 Å². The van der Waals surface area contributed by atoms with Gasteiger partial charge < -0.3 is 10.2 Å². The standard InChI is InChI=1S/C25H33Cl2N3O4S/c1-7-18(4)28-25(32)19(5)29(14-20-10-11-21(26)13-22(20)27)24(31)15-30(35(6,33)34)23-12-16(2)8-9-17(23)3/h8-13,18-19H,7,14-15H2,1-6H3,(H,28,32)/t18-,19-/m0/s1. The number of benzene rings is 2. The molecule has 2 rings (SSSR count). The molecule has 0 spiro atoms. The van der Waals surface area contributed by atoms with Gasteiger partial charge in [-0.3, -0.25) is 13.9 Å². The van der Waals surface area contributed by atoms with E-state index in [2.05, 4.69) is 5.32 Å². The summed E-state index contributed by atoms with van der Waals surface area (Å²) < 4.78 is 26.5. The molecule has 0 saturated heterocycles. The van der Waals surface area contributed by atoms with Crippen molar-refractivity contribution in [3.05, 3.63) is 63.1 Å². The van der Waals surface area contributed by atoms with Crippen LogP contribution in [-0.2, 0) is 26.2 Å². The first-order valence-electron chi connectivity index (χ1n) is 11.3. The van der Waals surface area contributed by atoms with Crippen molar-refractivity contribution in [2.75, 3.05) is 17.1 Å². The number of hydrogen-bond donors (Lipinski definition) is 1. The molecule has 0 bridgehead atoms. The van der Waals surface area contributed by atoms with E-state index < -0.39 is 28.5 Å². The van der Waals surface area contributed by atoms with Gasteiger partial charge in [0, 0.05) is 22.6 Å². The summed E-state index contributed by atoms with van der Waals surface area (Å²) in [5, 5.41) is 3.68. The molecule has 0 saturated carbocycles. The van der Waals surface area contributed by atoms with Crippen LogP contribution >= 0.6 is 23.2 Å². The number of halogens is 2. The molecule has 7 nitrogen and oxygen atoms in total. The van der Waals surface area contributed by atoms with Gasteiger partial charge in [-0.2, -0.15) is 0 Å². The molecule has 35 heavy (non-hydrogen) atoms. The van der Waals surface area contributed by atoms with Crippen LogP contribution in [0.25, 0.3) is 0 Å². The van der Waals surface area contributed by atoms with Crippen molar-refractivity contribution in [2.45, 2.75) is 59.7 Å². The molecule has 192 valence electrons. The molecule has 1 N–H and O–H groups in total. The van der Waals surface area contributed by atoms with Crippen LogP contribution in [0.1, 0.15) is 43.9 Å². The topological polar surface area (TPSA) is 86.8 Å². The number of rotatable bonds is 10. The monoisotopic (exact) mass is 541 g/mol. The minimum absolute atomic E-state index is 0.00826. The van der Waals surface area contributed by atoms with Crippen LogP contribution in [-0.4, -0.2) is 50.0 Å². The van der Waals surface area contributed by atoms with E-state index in [4.69, 9.17) is 23.2 Å². The maximum Gasteiger partial charge on any atom is 0.244 e. The lowest BCUT2D eigenvalue weighted by Gasteiger charge is -2.32. The highest BCUT2D eigenvalue weighted by atomic mass is 35.5. The van der Waals surface area contributed by atoms with Gasteiger partial charge in [-0.1, -0.05) is 48.3 Å². The summed E-state index contributed by atoms with van der Waals surface area (Å²) in [5.74, 6) is -0.871. The molecule has 2 aromatic rings. The van der Waals surface area contributed by atoms with Crippen LogP contribution in [0, 0.1) is 13.8 Å². The van der Waals surface area contributed by atoms with Crippen LogP contribution in [0.4, 0.5) is 5.69 Å². The van der Waals surface area contributed by atoms with Gasteiger partial charge in [-0.15, -0.1) is 0 Å². The molecule has 2 aromatic carbocycles. The van der Waals surface area contributed by atoms with Gasteiger partial charge in [0.1, 0.15) is 12.6 Å². The third kappa shape index (κ3) is 7.85. The number of hydrogen-bond acceptors (Lipinski definition) is 4. The Bertz CT molecular complexity index is 1190. The predicted molar refractivity (Wildman–Crippen MR) is 142 cm³/mol. The van der Waals surface area contributed by atoms with Crippen molar-refractivity contribution in [2.24, 2.45) is 0 Å². The van der Waals surface area contributed by atoms with Crippen LogP contribution in [0.15, 0.2) is 36.4 Å². The minimum Gasteiger partial charge on any atom is -0.352 e. The van der Waals surface area contributed by atoms with Gasteiger partial charge in [0.2, 0.25) is 21.8 Å². The Morgan fingerprint density at radius 1 is 1.06 bits per heavy atom. The molecule has 10 heteroatoms. The molecule has 0 fully saturated rings. The fraction of sp³-hybridized carbons (Fsp3) is 0.440. The van der Waals surface area contributed by atoms with E-state index in [0.717, 1.165) is 22.5 Å². The largest absolute Gasteiger partial charge is 0.352 e. The Hall–Kier alpha value is -2.29. The summed E-state index contributed by atoms with van der Waals surface area (Å²) in [6.45, 7) is 8.61. The van der Waals surface area contributed by atoms with E-state index in [1.54, 1.807) is 44.2 Å². The molecule has 0 radical (unpaired) electrons. The first-order valence-corrected chi connectivity index (χ1v) is 13.9. The molecule has 0 aliphatic heterocycles. The molecule has 0 unspecified atom stereocenters. The lowest BCUT2D eigenvalue weighted by Crippen LogP contribution is -2.52. The molecule has 0 aliphatic rings. The van der Waals surface area contributed by atoms with E-state index in [0.29, 0.717) is 26.9 Å². The number of anilines is 1. The first-order chi connectivity index (χ1) is 16.2. The number of sulfonamides is 1. The highest BCUT2D eigenvalue weighted by Crippen LogP contribution is 2.26. The first kappa shape index (κ1) is 28.9. The normalized spacial score (nSPS) is 13.1. The van der Waals surface area contributed by atoms with E-state index in [1.807, 2.05) is 26.8 Å². The van der Waals surface area contributed by atoms with Crippen molar-refractivity contribution in [3.63, 3.8) is 0 Å². The molecule has 0 heterocycles. The number of carbonyl (C=O) groups is 2. The summed E-state index contributed by atoms with van der Waals surface area (Å²) in [4.78, 5) is 27.9. The van der Waals surface area contributed by atoms with Crippen LogP contribution in [0.5, 0.6) is 0 Å². The van der Waals surface area contributed by atoms with Crippen molar-refractivity contribution in [3.8, 4) is 0 Å². The number of nitrogens with zero attached hydrogens (tertiary/aromatic N) is 2. The van der Waals surface area contributed by atoms with E-state index in [1.165, 1.54) is 4.90 Å². The second kappa shape index (κ2) is 12.1.